The summed E-state index contributed by atoms with van der Waals surface area (Å²) >= 11 is 1.57. The van der Waals surface area contributed by atoms with Crippen LogP contribution in [0.2, 0.25) is 0 Å². The second-order valence-corrected chi connectivity index (χ2v) is 7.49. The van der Waals surface area contributed by atoms with Crippen molar-refractivity contribution in [1.82, 2.24) is 20.0 Å². The lowest BCUT2D eigenvalue weighted by molar-refractivity contribution is 0.0792. The zero-order valence-corrected chi connectivity index (χ0v) is 14.5. The molecule has 1 unspecified atom stereocenters. The van der Waals surface area contributed by atoms with Crippen LogP contribution >= 0.6 is 11.3 Å². The van der Waals surface area contributed by atoms with E-state index in [4.69, 9.17) is 0 Å². The van der Waals surface area contributed by atoms with Crippen LogP contribution in [0.15, 0.2) is 6.07 Å². The summed E-state index contributed by atoms with van der Waals surface area (Å²) in [4.78, 5) is 16.7. The fourth-order valence-corrected chi connectivity index (χ4v) is 4.27. The lowest BCUT2D eigenvalue weighted by Crippen LogP contribution is -2.29. The number of aryl methyl sites for hydroxylation is 1. The van der Waals surface area contributed by atoms with Gasteiger partial charge < -0.3 is 10.2 Å². The van der Waals surface area contributed by atoms with Crippen LogP contribution in [-0.2, 0) is 7.05 Å². The Labute approximate surface area is 135 Å². The van der Waals surface area contributed by atoms with Crippen molar-refractivity contribution in [2.24, 2.45) is 13.0 Å². The third-order valence-corrected chi connectivity index (χ3v) is 5.55. The van der Waals surface area contributed by atoms with Crippen molar-refractivity contribution < 1.29 is 4.79 Å². The highest BCUT2D eigenvalue weighted by Crippen LogP contribution is 2.32. The molecular weight excluding hydrogens is 296 g/mol. The van der Waals surface area contributed by atoms with Crippen molar-refractivity contribution in [1.29, 1.82) is 0 Å². The van der Waals surface area contributed by atoms with E-state index >= 15 is 0 Å². The summed E-state index contributed by atoms with van der Waals surface area (Å²) in [6, 6.07) is 2.04. The van der Waals surface area contributed by atoms with Crippen LogP contribution in [0.25, 0.3) is 10.2 Å². The van der Waals surface area contributed by atoms with E-state index in [9.17, 15) is 4.79 Å². The van der Waals surface area contributed by atoms with Crippen LogP contribution in [0.3, 0.4) is 0 Å². The molecule has 22 heavy (non-hydrogen) atoms. The van der Waals surface area contributed by atoms with Crippen molar-refractivity contribution in [2.75, 3.05) is 26.7 Å². The zero-order valence-electron chi connectivity index (χ0n) is 13.7. The minimum absolute atomic E-state index is 0.175. The van der Waals surface area contributed by atoms with E-state index in [2.05, 4.69) is 24.3 Å². The number of rotatable bonds is 4. The number of hydrogen-bond acceptors (Lipinski definition) is 4. The maximum atomic E-state index is 12.7. The quantitative estimate of drug-likeness (QED) is 0.941. The summed E-state index contributed by atoms with van der Waals surface area (Å²) in [6.45, 7) is 7.00. The molecule has 120 valence electrons. The SMILES string of the molecule is CNCC1CCN(C(=O)c2cc3c(C(C)C)nn(C)c3s2)C1. The Morgan fingerprint density at radius 2 is 2.32 bits per heavy atom. The third kappa shape index (κ3) is 2.65. The van der Waals surface area contributed by atoms with Crippen molar-refractivity contribution >= 4 is 27.5 Å². The summed E-state index contributed by atoms with van der Waals surface area (Å²) in [5, 5.41) is 8.92. The molecule has 1 amide bonds. The fourth-order valence-electron chi connectivity index (χ4n) is 3.23. The first-order valence-electron chi connectivity index (χ1n) is 7.91. The second-order valence-electron chi connectivity index (χ2n) is 6.46. The van der Waals surface area contributed by atoms with E-state index in [0.29, 0.717) is 11.8 Å². The number of fused-ring (bicyclic) bond motifs is 1. The van der Waals surface area contributed by atoms with Gasteiger partial charge in [-0.25, -0.2) is 0 Å². The molecule has 0 bridgehead atoms. The van der Waals surface area contributed by atoms with E-state index in [0.717, 1.165) is 46.8 Å². The van der Waals surface area contributed by atoms with Gasteiger partial charge in [-0.15, -0.1) is 11.3 Å². The molecule has 1 saturated heterocycles. The molecule has 3 heterocycles. The normalized spacial score (nSPS) is 18.8. The number of likely N-dealkylation sites (tertiary alicyclic amines) is 1. The Hall–Kier alpha value is -1.40. The van der Waals surface area contributed by atoms with Crippen LogP contribution in [0.4, 0.5) is 0 Å². The molecule has 1 aliphatic rings. The Morgan fingerprint density at radius 3 is 3.00 bits per heavy atom. The predicted octanol–water partition coefficient (Wildman–Crippen LogP) is 2.44. The maximum Gasteiger partial charge on any atom is 0.264 e. The standard InChI is InChI=1S/C16H24N4OS/c1-10(2)14-12-7-13(22-16(12)19(4)18-14)15(21)20-6-5-11(9-20)8-17-3/h7,10-11,17H,5-6,8-9H2,1-4H3. The number of amides is 1. The number of carbonyl (C=O) groups excluding carboxylic acids is 1. The second kappa shape index (κ2) is 6.01. The lowest BCUT2D eigenvalue weighted by atomic mass is 10.1. The first-order valence-corrected chi connectivity index (χ1v) is 8.73. The minimum atomic E-state index is 0.175. The minimum Gasteiger partial charge on any atom is -0.338 e. The number of aromatic nitrogens is 2. The van der Waals surface area contributed by atoms with Crippen LogP contribution in [0.1, 0.15) is 41.6 Å². The summed E-state index contributed by atoms with van der Waals surface area (Å²) in [5.41, 5.74) is 1.09. The van der Waals surface area contributed by atoms with E-state index in [1.165, 1.54) is 0 Å². The van der Waals surface area contributed by atoms with Gasteiger partial charge in [-0.1, -0.05) is 13.8 Å². The molecule has 0 spiro atoms. The van der Waals surface area contributed by atoms with Crippen LogP contribution < -0.4 is 5.32 Å². The van der Waals surface area contributed by atoms with Gasteiger partial charge in [-0.3, -0.25) is 9.48 Å². The number of nitrogens with zero attached hydrogens (tertiary/aromatic N) is 3. The highest BCUT2D eigenvalue weighted by molar-refractivity contribution is 7.20. The van der Waals surface area contributed by atoms with Gasteiger partial charge in [0.15, 0.2) is 0 Å². The van der Waals surface area contributed by atoms with Gasteiger partial charge in [-0.05, 0) is 37.9 Å². The molecule has 1 atom stereocenters. The number of carbonyl (C=O) groups is 1. The number of hydrogen-bond donors (Lipinski definition) is 1. The predicted molar refractivity (Wildman–Crippen MR) is 90.6 cm³/mol. The van der Waals surface area contributed by atoms with Crippen LogP contribution in [0, 0.1) is 5.92 Å². The molecule has 2 aromatic heterocycles. The molecule has 1 fully saturated rings. The smallest absolute Gasteiger partial charge is 0.264 e. The van der Waals surface area contributed by atoms with E-state index in [-0.39, 0.29) is 5.91 Å². The van der Waals surface area contributed by atoms with Gasteiger partial charge in [0.2, 0.25) is 0 Å². The van der Waals surface area contributed by atoms with E-state index < -0.39 is 0 Å². The average Bonchev–Trinajstić information content (AvgIpc) is 3.15. The Morgan fingerprint density at radius 1 is 1.55 bits per heavy atom. The molecule has 1 N–H and O–H groups in total. The van der Waals surface area contributed by atoms with Crippen molar-refractivity contribution in [3.8, 4) is 0 Å². The molecule has 5 nitrogen and oxygen atoms in total. The van der Waals surface area contributed by atoms with Crippen LogP contribution in [-0.4, -0.2) is 47.3 Å². The molecule has 0 saturated carbocycles. The summed E-state index contributed by atoms with van der Waals surface area (Å²) < 4.78 is 1.90. The van der Waals surface area contributed by atoms with E-state index in [1.807, 2.05) is 29.7 Å². The lowest BCUT2D eigenvalue weighted by Gasteiger charge is -2.15. The summed E-state index contributed by atoms with van der Waals surface area (Å²) in [5.74, 6) is 1.12. The topological polar surface area (TPSA) is 50.2 Å². The van der Waals surface area contributed by atoms with Gasteiger partial charge in [0, 0.05) is 25.5 Å². The number of nitrogens with one attached hydrogen (secondary N) is 1. The maximum absolute atomic E-state index is 12.7. The fraction of sp³-hybridized carbons (Fsp3) is 0.625. The molecule has 0 aromatic carbocycles. The van der Waals surface area contributed by atoms with Crippen LogP contribution in [0.5, 0.6) is 0 Å². The van der Waals surface area contributed by atoms with Gasteiger partial charge in [0.25, 0.3) is 5.91 Å². The molecular formula is C16H24N4OS. The Balaban J connectivity index is 1.84. The monoisotopic (exact) mass is 320 g/mol. The third-order valence-electron chi connectivity index (χ3n) is 4.36. The van der Waals surface area contributed by atoms with E-state index in [1.54, 1.807) is 11.3 Å². The van der Waals surface area contributed by atoms with Gasteiger partial charge in [0.05, 0.1) is 10.6 Å². The summed E-state index contributed by atoms with van der Waals surface area (Å²) in [6.07, 6.45) is 1.09. The highest BCUT2D eigenvalue weighted by Gasteiger charge is 2.28. The molecule has 3 rings (SSSR count). The molecule has 6 heteroatoms. The zero-order chi connectivity index (χ0) is 15.9. The van der Waals surface area contributed by atoms with Gasteiger partial charge in [-0.2, -0.15) is 5.10 Å². The van der Waals surface area contributed by atoms with Gasteiger partial charge in [0.1, 0.15) is 4.83 Å². The first kappa shape index (κ1) is 15.5. The van der Waals surface area contributed by atoms with Crippen molar-refractivity contribution in [2.45, 2.75) is 26.2 Å². The molecule has 1 aliphatic heterocycles. The molecule has 0 aliphatic carbocycles. The average molecular weight is 320 g/mol. The van der Waals surface area contributed by atoms with Crippen molar-refractivity contribution in [3.63, 3.8) is 0 Å². The number of thiophene rings is 1. The Bertz CT molecular complexity index is 688. The molecule has 0 radical (unpaired) electrons. The first-order chi connectivity index (χ1) is 10.5. The van der Waals surface area contributed by atoms with Crippen molar-refractivity contribution in [3.05, 3.63) is 16.6 Å². The summed E-state index contributed by atoms with van der Waals surface area (Å²) in [7, 11) is 3.93. The Kier molecular flexibility index (Phi) is 4.23. The molecule has 2 aromatic rings. The largest absolute Gasteiger partial charge is 0.338 e. The van der Waals surface area contributed by atoms with Gasteiger partial charge >= 0.3 is 0 Å². The highest BCUT2D eigenvalue weighted by atomic mass is 32.1.